The van der Waals surface area contributed by atoms with Gasteiger partial charge in [-0.05, 0) is 32.3 Å². The van der Waals surface area contributed by atoms with Gasteiger partial charge in [0.2, 0.25) is 0 Å². The van der Waals surface area contributed by atoms with Crippen LogP contribution in [0.4, 0.5) is 0 Å². The summed E-state index contributed by atoms with van der Waals surface area (Å²) in [5.74, 6) is 1.04. The topological polar surface area (TPSA) is 61.3 Å². The molecule has 0 fully saturated rings. The van der Waals surface area contributed by atoms with Crippen molar-refractivity contribution in [2.24, 2.45) is 0 Å². The molecule has 0 amide bonds. The molecule has 148 valence electrons. The Balaban J connectivity index is 2.00. The van der Waals surface area contributed by atoms with E-state index >= 15 is 0 Å². The fraction of sp³-hybridized carbons (Fsp3) is 0.632. The molecule has 0 N–H and O–H groups in total. The molecule has 1 atom stereocenters. The summed E-state index contributed by atoms with van der Waals surface area (Å²) >= 11 is 4.82. The number of hydrogen-bond donors (Lipinski definition) is 0. The van der Waals surface area contributed by atoms with Crippen molar-refractivity contribution in [3.05, 3.63) is 10.4 Å². The van der Waals surface area contributed by atoms with E-state index in [1.165, 1.54) is 22.2 Å². The molecular formula is C19H26N2O3S3. The minimum atomic E-state index is -0.206. The van der Waals surface area contributed by atoms with E-state index in [4.69, 9.17) is 19.4 Å². The van der Waals surface area contributed by atoms with Crippen LogP contribution in [0.25, 0.3) is 10.2 Å². The monoisotopic (exact) mass is 426 g/mol. The van der Waals surface area contributed by atoms with Gasteiger partial charge in [-0.25, -0.2) is 9.97 Å². The normalized spacial score (nSPS) is 19.3. The Hall–Kier alpha value is -0.830. The van der Waals surface area contributed by atoms with E-state index in [-0.39, 0.29) is 17.3 Å². The number of rotatable bonds is 8. The summed E-state index contributed by atoms with van der Waals surface area (Å²) < 4.78 is 11.2. The van der Waals surface area contributed by atoms with Gasteiger partial charge in [0.15, 0.2) is 5.16 Å². The average Bonchev–Trinajstić information content (AvgIpc) is 3.02. The van der Waals surface area contributed by atoms with E-state index in [1.54, 1.807) is 23.1 Å². The maximum absolute atomic E-state index is 11.9. The summed E-state index contributed by atoms with van der Waals surface area (Å²) in [5, 5.41) is 2.78. The zero-order chi connectivity index (χ0) is 19.4. The molecule has 1 aliphatic rings. The molecule has 2 aromatic rings. The first-order valence-electron chi connectivity index (χ1n) is 9.37. The molecule has 0 aromatic carbocycles. The van der Waals surface area contributed by atoms with E-state index in [0.717, 1.165) is 45.4 Å². The minimum Gasteiger partial charge on any atom is -0.465 e. The zero-order valence-corrected chi connectivity index (χ0v) is 18.7. The van der Waals surface area contributed by atoms with Crippen molar-refractivity contribution >= 4 is 51.0 Å². The fourth-order valence-electron chi connectivity index (χ4n) is 2.94. The Labute approximate surface area is 173 Å². The summed E-state index contributed by atoms with van der Waals surface area (Å²) in [6.45, 7) is 9.32. The lowest BCUT2D eigenvalue weighted by Gasteiger charge is -2.33. The van der Waals surface area contributed by atoms with Crippen molar-refractivity contribution in [1.29, 1.82) is 0 Å². The van der Waals surface area contributed by atoms with E-state index in [1.807, 2.05) is 6.92 Å². The Morgan fingerprint density at radius 1 is 1.30 bits per heavy atom. The molecule has 0 spiro atoms. The van der Waals surface area contributed by atoms with Gasteiger partial charge in [-0.15, -0.1) is 11.3 Å². The highest BCUT2D eigenvalue weighted by molar-refractivity contribution is 8.00. The molecular weight excluding hydrogens is 400 g/mol. The van der Waals surface area contributed by atoms with Crippen LogP contribution in [0.3, 0.4) is 0 Å². The lowest BCUT2D eigenvalue weighted by Crippen LogP contribution is -2.33. The second kappa shape index (κ2) is 9.11. The van der Waals surface area contributed by atoms with E-state index < -0.39 is 0 Å². The van der Waals surface area contributed by atoms with Gasteiger partial charge in [-0.2, -0.15) is 0 Å². The number of aromatic nitrogens is 2. The maximum Gasteiger partial charge on any atom is 0.316 e. The largest absolute Gasteiger partial charge is 0.465 e. The van der Waals surface area contributed by atoms with Gasteiger partial charge in [-0.1, -0.05) is 37.4 Å². The third-order valence-corrected chi connectivity index (χ3v) is 7.70. The second-order valence-corrected chi connectivity index (χ2v) is 9.82. The highest BCUT2D eigenvalue weighted by Crippen LogP contribution is 2.43. The van der Waals surface area contributed by atoms with Crippen molar-refractivity contribution in [3.63, 3.8) is 0 Å². The summed E-state index contributed by atoms with van der Waals surface area (Å²) in [5.41, 5.74) is 1.14. The second-order valence-electron chi connectivity index (χ2n) is 6.71. The molecule has 0 saturated carbocycles. The van der Waals surface area contributed by atoms with Crippen LogP contribution in [0, 0.1) is 0 Å². The van der Waals surface area contributed by atoms with Crippen LogP contribution in [0.2, 0.25) is 0 Å². The third kappa shape index (κ3) is 4.78. The van der Waals surface area contributed by atoms with Gasteiger partial charge in [0.25, 0.3) is 0 Å². The van der Waals surface area contributed by atoms with Crippen LogP contribution in [-0.2, 0) is 27.3 Å². The van der Waals surface area contributed by atoms with Crippen LogP contribution >= 0.6 is 34.9 Å². The molecule has 0 radical (unpaired) electrons. The Kier molecular flexibility index (Phi) is 7.05. The number of fused-ring (bicyclic) bond motifs is 3. The minimum absolute atomic E-state index is 0.153. The number of esters is 1. The van der Waals surface area contributed by atoms with Crippen molar-refractivity contribution in [1.82, 2.24) is 9.97 Å². The highest BCUT2D eigenvalue weighted by Gasteiger charge is 2.33. The Bertz CT molecular complexity index is 824. The number of hydrogen-bond acceptors (Lipinski definition) is 8. The molecule has 0 unspecified atom stereocenters. The Morgan fingerprint density at radius 3 is 2.81 bits per heavy atom. The van der Waals surface area contributed by atoms with Gasteiger partial charge in [-0.3, -0.25) is 4.79 Å². The first-order valence-corrected chi connectivity index (χ1v) is 12.2. The van der Waals surface area contributed by atoms with Crippen LogP contribution in [0.15, 0.2) is 10.2 Å². The predicted molar refractivity (Wildman–Crippen MR) is 113 cm³/mol. The Morgan fingerprint density at radius 2 is 2.11 bits per heavy atom. The van der Waals surface area contributed by atoms with Gasteiger partial charge < -0.3 is 9.47 Å². The molecule has 0 aliphatic carbocycles. The fourth-order valence-corrected chi connectivity index (χ4v) is 5.77. The number of ether oxygens (including phenoxy) is 2. The molecule has 5 nitrogen and oxygen atoms in total. The first kappa shape index (κ1) is 20.9. The van der Waals surface area contributed by atoms with Crippen molar-refractivity contribution in [3.8, 4) is 0 Å². The number of thiophene rings is 1. The van der Waals surface area contributed by atoms with Crippen LogP contribution in [-0.4, -0.2) is 39.7 Å². The summed E-state index contributed by atoms with van der Waals surface area (Å²) in [6, 6.07) is 0. The lowest BCUT2D eigenvalue weighted by molar-refractivity contribution is -0.139. The molecule has 0 bridgehead atoms. The van der Waals surface area contributed by atoms with Crippen molar-refractivity contribution in [2.75, 3.05) is 18.1 Å². The standard InChI is InChI=1S/C19H26N2O3S3/c1-5-8-25-18-20-16(26-11-14(22)23-7-3)15-12-9-19(4,6-2)24-10-13(12)27-17(15)21-18/h5-11H2,1-4H3/t19-/m0/s1. The number of carbonyl (C=O) groups is 1. The van der Waals surface area contributed by atoms with Gasteiger partial charge in [0.05, 0.1) is 24.6 Å². The van der Waals surface area contributed by atoms with Crippen LogP contribution < -0.4 is 0 Å². The van der Waals surface area contributed by atoms with Gasteiger partial charge in [0.1, 0.15) is 9.86 Å². The van der Waals surface area contributed by atoms with Crippen LogP contribution in [0.1, 0.15) is 51.0 Å². The molecule has 27 heavy (non-hydrogen) atoms. The average molecular weight is 427 g/mol. The van der Waals surface area contributed by atoms with Gasteiger partial charge >= 0.3 is 5.97 Å². The third-order valence-electron chi connectivity index (χ3n) is 4.60. The number of thioether (sulfide) groups is 2. The molecule has 8 heteroatoms. The lowest BCUT2D eigenvalue weighted by atomic mass is 9.90. The number of carbonyl (C=O) groups excluding carboxylic acids is 1. The van der Waals surface area contributed by atoms with E-state index in [9.17, 15) is 4.79 Å². The quantitative estimate of drug-likeness (QED) is 0.252. The van der Waals surface area contributed by atoms with E-state index in [0.29, 0.717) is 13.2 Å². The predicted octanol–water partition coefficient (Wildman–Crippen LogP) is 5.09. The molecule has 1 aliphatic heterocycles. The molecule has 2 aromatic heterocycles. The van der Waals surface area contributed by atoms with Crippen molar-refractivity contribution in [2.45, 2.75) is 69.3 Å². The molecule has 3 rings (SSSR count). The number of nitrogens with zero attached hydrogens (tertiary/aromatic N) is 2. The summed E-state index contributed by atoms with van der Waals surface area (Å²) in [7, 11) is 0. The van der Waals surface area contributed by atoms with Crippen LogP contribution in [0.5, 0.6) is 0 Å². The first-order chi connectivity index (χ1) is 13.0. The molecule has 0 saturated heterocycles. The van der Waals surface area contributed by atoms with E-state index in [2.05, 4.69) is 20.8 Å². The van der Waals surface area contributed by atoms with Gasteiger partial charge in [0, 0.05) is 22.4 Å². The highest BCUT2D eigenvalue weighted by atomic mass is 32.2. The van der Waals surface area contributed by atoms with Crippen molar-refractivity contribution < 1.29 is 14.3 Å². The molecule has 3 heterocycles. The summed E-state index contributed by atoms with van der Waals surface area (Å²) in [4.78, 5) is 23.7. The summed E-state index contributed by atoms with van der Waals surface area (Å²) in [6.07, 6.45) is 2.89. The zero-order valence-electron chi connectivity index (χ0n) is 16.3. The maximum atomic E-state index is 11.9. The smallest absolute Gasteiger partial charge is 0.316 e. The SMILES string of the molecule is CCCSc1nc(SCC(=O)OCC)c2c3c(sc2n1)CO[C@@](C)(CC)C3.